The Kier molecular flexibility index (Phi) is 7.29. The highest BCUT2D eigenvalue weighted by Gasteiger charge is 2.28. The quantitative estimate of drug-likeness (QED) is 0.787. The fourth-order valence-corrected chi connectivity index (χ4v) is 3.83. The lowest BCUT2D eigenvalue weighted by Crippen LogP contribution is -2.45. The Bertz CT molecular complexity index is 851. The zero-order valence-corrected chi connectivity index (χ0v) is 17.8. The number of halogens is 1. The van der Waals surface area contributed by atoms with Crippen LogP contribution in [0.3, 0.4) is 0 Å². The van der Waals surface area contributed by atoms with Crippen molar-refractivity contribution < 1.29 is 9.59 Å². The van der Waals surface area contributed by atoms with Gasteiger partial charge in [0.1, 0.15) is 0 Å². The van der Waals surface area contributed by atoms with Crippen molar-refractivity contribution >= 4 is 23.4 Å². The van der Waals surface area contributed by atoms with Gasteiger partial charge in [0.15, 0.2) is 0 Å². The molecule has 5 nitrogen and oxygen atoms in total. The molecule has 0 radical (unpaired) electrons. The first-order valence-electron chi connectivity index (χ1n) is 9.98. The largest absolute Gasteiger partial charge is 0.352 e. The topological polar surface area (TPSA) is 52.7 Å². The third kappa shape index (κ3) is 5.81. The van der Waals surface area contributed by atoms with Crippen LogP contribution in [0.1, 0.15) is 34.3 Å². The van der Waals surface area contributed by atoms with Crippen LogP contribution in [-0.4, -0.2) is 48.8 Å². The molecule has 0 saturated carbocycles. The number of hydrogen-bond acceptors (Lipinski definition) is 3. The maximum absolute atomic E-state index is 12.8. The molecule has 1 N–H and O–H groups in total. The molecule has 0 spiro atoms. The monoisotopic (exact) mass is 413 g/mol. The molecule has 2 amide bonds. The van der Waals surface area contributed by atoms with Gasteiger partial charge in [0.25, 0.3) is 5.91 Å². The average Bonchev–Trinajstić information content (AvgIpc) is 2.72. The van der Waals surface area contributed by atoms with E-state index in [0.29, 0.717) is 30.2 Å². The molecule has 1 unspecified atom stereocenters. The van der Waals surface area contributed by atoms with Crippen molar-refractivity contribution in [3.63, 3.8) is 0 Å². The predicted octanol–water partition coefficient (Wildman–Crippen LogP) is 3.57. The van der Waals surface area contributed by atoms with Gasteiger partial charge in [0.2, 0.25) is 5.91 Å². The van der Waals surface area contributed by atoms with Crippen molar-refractivity contribution in [2.24, 2.45) is 5.92 Å². The summed E-state index contributed by atoms with van der Waals surface area (Å²) >= 11 is 5.91. The molecule has 154 valence electrons. The molecule has 3 rings (SSSR count). The number of amides is 2. The molecule has 0 aromatic heterocycles. The number of hydrogen-bond donors (Lipinski definition) is 1. The van der Waals surface area contributed by atoms with Gasteiger partial charge < -0.3 is 15.1 Å². The maximum Gasteiger partial charge on any atom is 0.253 e. The summed E-state index contributed by atoms with van der Waals surface area (Å²) in [5.74, 6) is -0.213. The summed E-state index contributed by atoms with van der Waals surface area (Å²) < 4.78 is 0. The fourth-order valence-electron chi connectivity index (χ4n) is 3.70. The summed E-state index contributed by atoms with van der Waals surface area (Å²) in [7, 11) is 4.06. The number of carbonyl (C=O) groups is 2. The van der Waals surface area contributed by atoms with Crippen LogP contribution in [0.5, 0.6) is 0 Å². The maximum atomic E-state index is 12.8. The number of likely N-dealkylation sites (tertiary alicyclic amines) is 1. The molecule has 6 heteroatoms. The summed E-state index contributed by atoms with van der Waals surface area (Å²) in [5.41, 5.74) is 2.94. The van der Waals surface area contributed by atoms with E-state index in [1.807, 2.05) is 26.2 Å². The molecular formula is C23H28ClN3O2. The number of piperidine rings is 1. The van der Waals surface area contributed by atoms with Gasteiger partial charge >= 0.3 is 0 Å². The molecule has 2 aromatic rings. The lowest BCUT2D eigenvalue weighted by atomic mass is 9.96. The highest BCUT2D eigenvalue weighted by molar-refractivity contribution is 6.30. The van der Waals surface area contributed by atoms with Crippen molar-refractivity contribution in [2.75, 3.05) is 27.2 Å². The highest BCUT2D eigenvalue weighted by Crippen LogP contribution is 2.20. The lowest BCUT2D eigenvalue weighted by molar-refractivity contribution is -0.126. The minimum Gasteiger partial charge on any atom is -0.352 e. The number of benzene rings is 2. The summed E-state index contributed by atoms with van der Waals surface area (Å²) in [4.78, 5) is 29.4. The van der Waals surface area contributed by atoms with Crippen LogP contribution in [0.2, 0.25) is 5.02 Å². The van der Waals surface area contributed by atoms with E-state index in [1.54, 1.807) is 29.2 Å². The smallest absolute Gasteiger partial charge is 0.253 e. The Morgan fingerprint density at radius 2 is 1.79 bits per heavy atom. The minimum absolute atomic E-state index is 0.0123. The molecule has 1 fully saturated rings. The molecule has 1 aliphatic rings. The molecule has 0 aliphatic carbocycles. The normalized spacial score (nSPS) is 16.7. The van der Waals surface area contributed by atoms with Gasteiger partial charge in [-0.05, 0) is 62.3 Å². The van der Waals surface area contributed by atoms with Crippen LogP contribution in [-0.2, 0) is 17.9 Å². The third-order valence-electron chi connectivity index (χ3n) is 5.23. The first kappa shape index (κ1) is 21.3. The van der Waals surface area contributed by atoms with Crippen molar-refractivity contribution in [1.82, 2.24) is 15.1 Å². The van der Waals surface area contributed by atoms with Crippen LogP contribution in [0.15, 0.2) is 48.5 Å². The first-order chi connectivity index (χ1) is 13.9. The Labute approximate surface area is 177 Å². The number of carbonyl (C=O) groups excluding carboxylic acids is 2. The molecule has 2 aromatic carbocycles. The van der Waals surface area contributed by atoms with E-state index in [-0.39, 0.29) is 17.7 Å². The molecule has 1 heterocycles. The van der Waals surface area contributed by atoms with Crippen LogP contribution in [0.25, 0.3) is 0 Å². The van der Waals surface area contributed by atoms with Gasteiger partial charge in [-0.15, -0.1) is 0 Å². The Morgan fingerprint density at radius 3 is 2.48 bits per heavy atom. The molecule has 0 bridgehead atoms. The van der Waals surface area contributed by atoms with Crippen LogP contribution in [0.4, 0.5) is 0 Å². The second-order valence-corrected chi connectivity index (χ2v) is 8.26. The van der Waals surface area contributed by atoms with Crippen molar-refractivity contribution in [1.29, 1.82) is 0 Å². The molecule has 1 aliphatic heterocycles. The SMILES string of the molecule is CN(C)Cc1ccccc1CNC(=O)C1CCCN(C(=O)c2ccc(Cl)cc2)C1. The predicted molar refractivity (Wildman–Crippen MR) is 116 cm³/mol. The van der Waals surface area contributed by atoms with Crippen LogP contribution >= 0.6 is 11.6 Å². The zero-order valence-electron chi connectivity index (χ0n) is 17.0. The van der Waals surface area contributed by atoms with E-state index in [1.165, 1.54) is 5.56 Å². The minimum atomic E-state index is -0.180. The van der Waals surface area contributed by atoms with E-state index in [4.69, 9.17) is 11.6 Å². The van der Waals surface area contributed by atoms with E-state index >= 15 is 0 Å². The summed E-state index contributed by atoms with van der Waals surface area (Å²) in [6.45, 7) is 2.47. The van der Waals surface area contributed by atoms with Crippen molar-refractivity contribution in [3.05, 3.63) is 70.2 Å². The Morgan fingerprint density at radius 1 is 1.10 bits per heavy atom. The van der Waals surface area contributed by atoms with Crippen molar-refractivity contribution in [2.45, 2.75) is 25.9 Å². The van der Waals surface area contributed by atoms with E-state index in [2.05, 4.69) is 22.3 Å². The van der Waals surface area contributed by atoms with Gasteiger partial charge in [-0.1, -0.05) is 35.9 Å². The summed E-state index contributed by atoms with van der Waals surface area (Å²) in [6.07, 6.45) is 1.63. The standard InChI is InChI=1S/C23H28ClN3O2/c1-26(2)15-19-7-4-3-6-18(19)14-25-22(28)20-8-5-13-27(16-20)23(29)17-9-11-21(24)12-10-17/h3-4,6-7,9-12,20H,5,8,13-16H2,1-2H3,(H,25,28). The third-order valence-corrected chi connectivity index (χ3v) is 5.48. The van der Waals surface area contributed by atoms with Gasteiger partial charge in [-0.2, -0.15) is 0 Å². The Balaban J connectivity index is 1.59. The number of nitrogens with one attached hydrogen (secondary N) is 1. The average molecular weight is 414 g/mol. The lowest BCUT2D eigenvalue weighted by Gasteiger charge is -2.32. The van der Waals surface area contributed by atoms with Crippen LogP contribution < -0.4 is 5.32 Å². The second-order valence-electron chi connectivity index (χ2n) is 7.82. The fraction of sp³-hybridized carbons (Fsp3) is 0.391. The molecule has 1 atom stereocenters. The summed E-state index contributed by atoms with van der Waals surface area (Å²) in [5, 5.41) is 3.68. The van der Waals surface area contributed by atoms with Gasteiger partial charge in [-0.25, -0.2) is 0 Å². The molecule has 1 saturated heterocycles. The molecule has 29 heavy (non-hydrogen) atoms. The van der Waals surface area contributed by atoms with Gasteiger partial charge in [0.05, 0.1) is 5.92 Å². The Hall–Kier alpha value is -2.37. The number of rotatable bonds is 6. The van der Waals surface area contributed by atoms with E-state index in [9.17, 15) is 9.59 Å². The van der Waals surface area contributed by atoms with Gasteiger partial charge in [-0.3, -0.25) is 9.59 Å². The van der Waals surface area contributed by atoms with Crippen molar-refractivity contribution in [3.8, 4) is 0 Å². The highest BCUT2D eigenvalue weighted by atomic mass is 35.5. The zero-order chi connectivity index (χ0) is 20.8. The first-order valence-corrected chi connectivity index (χ1v) is 10.4. The summed E-state index contributed by atoms with van der Waals surface area (Å²) in [6, 6.07) is 15.1. The second kappa shape index (κ2) is 9.90. The van der Waals surface area contributed by atoms with Crippen LogP contribution in [0, 0.1) is 5.92 Å². The number of nitrogens with zero attached hydrogens (tertiary/aromatic N) is 2. The van der Waals surface area contributed by atoms with E-state index < -0.39 is 0 Å². The molecular weight excluding hydrogens is 386 g/mol. The van der Waals surface area contributed by atoms with Gasteiger partial charge in [0, 0.05) is 36.8 Å². The van der Waals surface area contributed by atoms with E-state index in [0.717, 1.165) is 24.9 Å².